The number of thiophene rings is 1. The summed E-state index contributed by atoms with van der Waals surface area (Å²) in [6.45, 7) is 0. The van der Waals surface area contributed by atoms with Crippen LogP contribution in [-0.4, -0.2) is 29.0 Å². The fraction of sp³-hybridized carbons (Fsp3) is 0.583. The quantitative estimate of drug-likeness (QED) is 0.660. The van der Waals surface area contributed by atoms with Gasteiger partial charge in [-0.2, -0.15) is 0 Å². The highest BCUT2D eigenvalue weighted by atomic mass is 35.5. The van der Waals surface area contributed by atoms with Crippen LogP contribution in [0.1, 0.15) is 36.0 Å². The van der Waals surface area contributed by atoms with E-state index in [9.17, 15) is 14.9 Å². The molecule has 2 fully saturated rings. The summed E-state index contributed by atoms with van der Waals surface area (Å²) in [7, 11) is 0. The van der Waals surface area contributed by atoms with Crippen molar-refractivity contribution in [2.24, 2.45) is 0 Å². The van der Waals surface area contributed by atoms with Gasteiger partial charge in [0, 0.05) is 29.6 Å². The maximum atomic E-state index is 12.0. The van der Waals surface area contributed by atoms with Crippen molar-refractivity contribution in [3.8, 4) is 0 Å². The number of amides is 1. The molecule has 1 aromatic heterocycles. The Kier molecular flexibility index (Phi) is 4.62. The maximum Gasteiger partial charge on any atom is 0.324 e. The monoisotopic (exact) mass is 317 g/mol. The van der Waals surface area contributed by atoms with E-state index in [0.717, 1.165) is 24.2 Å². The van der Waals surface area contributed by atoms with Gasteiger partial charge >= 0.3 is 5.00 Å². The number of nitrogens with one attached hydrogen (secondary N) is 2. The third kappa shape index (κ3) is 3.11. The number of hydrogen-bond donors (Lipinski definition) is 2. The normalized spacial score (nSPS) is 27.7. The van der Waals surface area contributed by atoms with Gasteiger partial charge in [-0.1, -0.05) is 11.3 Å². The molecule has 8 heteroatoms. The predicted octanol–water partition coefficient (Wildman–Crippen LogP) is 2.09. The molecule has 6 nitrogen and oxygen atoms in total. The summed E-state index contributed by atoms with van der Waals surface area (Å²) in [4.78, 5) is 22.2. The zero-order valence-electron chi connectivity index (χ0n) is 10.7. The molecule has 20 heavy (non-hydrogen) atoms. The number of piperidine rings is 1. The van der Waals surface area contributed by atoms with E-state index in [-0.39, 0.29) is 29.4 Å². The zero-order valence-corrected chi connectivity index (χ0v) is 12.3. The summed E-state index contributed by atoms with van der Waals surface area (Å²) in [6, 6.07) is 2.56. The first kappa shape index (κ1) is 15.2. The molecule has 2 aliphatic rings. The number of nitrogens with zero attached hydrogens (tertiary/aromatic N) is 1. The summed E-state index contributed by atoms with van der Waals surface area (Å²) in [5.41, 5.74) is 0.391. The Labute approximate surface area is 126 Å². The highest BCUT2D eigenvalue weighted by molar-refractivity contribution is 7.13. The molecule has 3 rings (SSSR count). The Morgan fingerprint density at radius 2 is 2.05 bits per heavy atom. The van der Waals surface area contributed by atoms with E-state index in [1.165, 1.54) is 18.9 Å². The highest BCUT2D eigenvalue weighted by Crippen LogP contribution is 2.27. The molecule has 0 saturated carbocycles. The van der Waals surface area contributed by atoms with Gasteiger partial charge in [-0.3, -0.25) is 14.9 Å². The van der Waals surface area contributed by atoms with Gasteiger partial charge in [0.05, 0.1) is 10.5 Å². The average Bonchev–Trinajstić information content (AvgIpc) is 2.96. The van der Waals surface area contributed by atoms with Crippen LogP contribution >= 0.6 is 23.7 Å². The number of nitro groups is 1. The van der Waals surface area contributed by atoms with Crippen molar-refractivity contribution in [3.63, 3.8) is 0 Å². The minimum absolute atomic E-state index is 0. The first-order valence-electron chi connectivity index (χ1n) is 6.41. The lowest BCUT2D eigenvalue weighted by Gasteiger charge is -2.29. The molecule has 1 amide bonds. The molecule has 3 heterocycles. The highest BCUT2D eigenvalue weighted by Gasteiger charge is 2.34. The lowest BCUT2D eigenvalue weighted by atomic mass is 9.99. The molecule has 2 aliphatic heterocycles. The van der Waals surface area contributed by atoms with Crippen molar-refractivity contribution in [3.05, 3.63) is 27.1 Å². The molecule has 0 aromatic carbocycles. The summed E-state index contributed by atoms with van der Waals surface area (Å²) < 4.78 is 0. The number of halogens is 1. The van der Waals surface area contributed by atoms with Gasteiger partial charge in [0.15, 0.2) is 0 Å². The van der Waals surface area contributed by atoms with Crippen molar-refractivity contribution in [1.29, 1.82) is 0 Å². The van der Waals surface area contributed by atoms with Gasteiger partial charge in [0.25, 0.3) is 5.91 Å². The summed E-state index contributed by atoms with van der Waals surface area (Å²) in [5, 5.41) is 18.7. The topological polar surface area (TPSA) is 84.3 Å². The van der Waals surface area contributed by atoms with Crippen molar-refractivity contribution in [2.75, 3.05) is 0 Å². The van der Waals surface area contributed by atoms with E-state index >= 15 is 0 Å². The number of fused-ring (bicyclic) bond motifs is 2. The van der Waals surface area contributed by atoms with E-state index in [1.54, 1.807) is 5.38 Å². The SMILES string of the molecule is Cl.O=C(NC1CC2CCC(C1)N2)c1csc([N+](=O)[O-])c1. The Morgan fingerprint density at radius 1 is 1.40 bits per heavy atom. The third-order valence-electron chi connectivity index (χ3n) is 3.84. The van der Waals surface area contributed by atoms with E-state index in [2.05, 4.69) is 10.6 Å². The van der Waals surface area contributed by atoms with E-state index < -0.39 is 4.92 Å². The van der Waals surface area contributed by atoms with Crippen LogP contribution in [0.3, 0.4) is 0 Å². The number of rotatable bonds is 3. The standard InChI is InChI=1S/C12H15N3O3S.ClH/c16-12(7-3-11(15(17)18)19-6-7)14-10-4-8-1-2-9(5-10)13-8;/h3,6,8-10,13H,1-2,4-5H2,(H,14,16);1H. The Bertz CT molecular complexity index is 510. The van der Waals surface area contributed by atoms with Crippen LogP contribution in [0.5, 0.6) is 0 Å². The summed E-state index contributed by atoms with van der Waals surface area (Å²) in [5.74, 6) is -0.198. The summed E-state index contributed by atoms with van der Waals surface area (Å²) in [6.07, 6.45) is 4.27. The van der Waals surface area contributed by atoms with Crippen molar-refractivity contribution in [2.45, 2.75) is 43.8 Å². The second kappa shape index (κ2) is 6.07. The summed E-state index contributed by atoms with van der Waals surface area (Å²) >= 11 is 0.989. The van der Waals surface area contributed by atoms with E-state index in [0.29, 0.717) is 17.6 Å². The lowest BCUT2D eigenvalue weighted by Crippen LogP contribution is -2.47. The number of hydrogen-bond acceptors (Lipinski definition) is 5. The first-order valence-corrected chi connectivity index (χ1v) is 7.29. The third-order valence-corrected chi connectivity index (χ3v) is 4.72. The van der Waals surface area contributed by atoms with Crippen LogP contribution < -0.4 is 10.6 Å². The van der Waals surface area contributed by atoms with Crippen LogP contribution in [0.25, 0.3) is 0 Å². The second-order valence-electron chi connectivity index (χ2n) is 5.21. The molecule has 0 aliphatic carbocycles. The molecule has 0 spiro atoms. The first-order chi connectivity index (χ1) is 9.11. The van der Waals surface area contributed by atoms with E-state index in [4.69, 9.17) is 0 Å². The van der Waals surface area contributed by atoms with Gasteiger partial charge in [0.2, 0.25) is 0 Å². The zero-order chi connectivity index (χ0) is 13.4. The van der Waals surface area contributed by atoms with Gasteiger partial charge in [-0.15, -0.1) is 12.4 Å². The molecule has 0 radical (unpaired) electrons. The van der Waals surface area contributed by atoms with Crippen molar-refractivity contribution in [1.82, 2.24) is 10.6 Å². The lowest BCUT2D eigenvalue weighted by molar-refractivity contribution is -0.380. The van der Waals surface area contributed by atoms with Crippen LogP contribution in [-0.2, 0) is 0 Å². The molecular weight excluding hydrogens is 302 g/mol. The molecule has 2 bridgehead atoms. The molecule has 2 atom stereocenters. The maximum absolute atomic E-state index is 12.0. The number of carbonyl (C=O) groups excluding carboxylic acids is 1. The average molecular weight is 318 g/mol. The molecule has 2 saturated heterocycles. The minimum atomic E-state index is -0.466. The van der Waals surface area contributed by atoms with Crippen molar-refractivity contribution >= 4 is 34.7 Å². The van der Waals surface area contributed by atoms with Crippen molar-refractivity contribution < 1.29 is 9.72 Å². The van der Waals surface area contributed by atoms with Crippen LogP contribution in [0, 0.1) is 10.1 Å². The molecule has 2 N–H and O–H groups in total. The molecule has 2 unspecified atom stereocenters. The van der Waals surface area contributed by atoms with Gasteiger partial charge in [-0.25, -0.2) is 0 Å². The largest absolute Gasteiger partial charge is 0.349 e. The van der Waals surface area contributed by atoms with Crippen LogP contribution in [0.15, 0.2) is 11.4 Å². The Morgan fingerprint density at radius 3 is 2.60 bits per heavy atom. The fourth-order valence-corrected chi connectivity index (χ4v) is 3.69. The second-order valence-corrected chi connectivity index (χ2v) is 6.10. The van der Waals surface area contributed by atoms with E-state index in [1.807, 2.05) is 0 Å². The smallest absolute Gasteiger partial charge is 0.324 e. The Balaban J connectivity index is 0.00000147. The predicted molar refractivity (Wildman–Crippen MR) is 78.7 cm³/mol. The Hall–Kier alpha value is -1.18. The molecule has 110 valence electrons. The van der Waals surface area contributed by atoms with Gasteiger partial charge in [-0.05, 0) is 25.7 Å². The van der Waals surface area contributed by atoms with Gasteiger partial charge in [0.1, 0.15) is 0 Å². The molecular formula is C12H16ClN3O3S. The fourth-order valence-electron chi connectivity index (χ4n) is 2.98. The number of carbonyl (C=O) groups is 1. The molecule has 1 aromatic rings. The van der Waals surface area contributed by atoms with Crippen LogP contribution in [0.2, 0.25) is 0 Å². The van der Waals surface area contributed by atoms with Gasteiger partial charge < -0.3 is 10.6 Å². The minimum Gasteiger partial charge on any atom is -0.349 e. The van der Waals surface area contributed by atoms with Crippen LogP contribution in [0.4, 0.5) is 5.00 Å².